The van der Waals surface area contributed by atoms with E-state index in [9.17, 15) is 5.11 Å². The van der Waals surface area contributed by atoms with Crippen LogP contribution in [0.25, 0.3) is 0 Å². The van der Waals surface area contributed by atoms with Crippen LogP contribution in [0.2, 0.25) is 0 Å². The summed E-state index contributed by atoms with van der Waals surface area (Å²) in [6.07, 6.45) is 1.09. The number of benzene rings is 2. The van der Waals surface area contributed by atoms with E-state index in [1.165, 1.54) is 5.56 Å². The third kappa shape index (κ3) is 4.58. The molecule has 112 valence electrons. The molecule has 0 heterocycles. The molecule has 0 aliphatic rings. The van der Waals surface area contributed by atoms with Gasteiger partial charge in [-0.3, -0.25) is 0 Å². The maximum Gasteiger partial charge on any atom is 0.0745 e. The van der Waals surface area contributed by atoms with Gasteiger partial charge in [0, 0.05) is 10.2 Å². The fourth-order valence-electron chi connectivity index (χ4n) is 2.36. The molecule has 2 rings (SSSR count). The number of para-hydroxylation sites is 1. The summed E-state index contributed by atoms with van der Waals surface area (Å²) in [4.78, 5) is 0. The van der Waals surface area contributed by atoms with Gasteiger partial charge in [0.15, 0.2) is 0 Å². The summed E-state index contributed by atoms with van der Waals surface area (Å²) in [5.41, 5.74) is 3.43. The number of nitrogens with one attached hydrogen (secondary N) is 1. The summed E-state index contributed by atoms with van der Waals surface area (Å²) in [6, 6.07) is 16.3. The molecule has 2 N–H and O–H groups in total. The van der Waals surface area contributed by atoms with E-state index < -0.39 is 0 Å². The number of aliphatic hydroxyl groups is 1. The van der Waals surface area contributed by atoms with Crippen LogP contribution in [0.1, 0.15) is 31.0 Å². The maximum atomic E-state index is 9.67. The summed E-state index contributed by atoms with van der Waals surface area (Å²) in [5.74, 6) is 0.655. The zero-order valence-electron chi connectivity index (χ0n) is 12.5. The standard InChI is InChI=1S/C18H22BrNO/c1-13(2)11-14-7-9-15(10-8-14)18(12-21)20-17-6-4-3-5-16(17)19/h3-10,13,18,20-21H,11-12H2,1-2H3. The van der Waals surface area contributed by atoms with E-state index in [1.807, 2.05) is 24.3 Å². The molecule has 21 heavy (non-hydrogen) atoms. The molecule has 0 radical (unpaired) electrons. The van der Waals surface area contributed by atoms with Crippen LogP contribution in [0.15, 0.2) is 53.0 Å². The molecule has 2 nitrogen and oxygen atoms in total. The molecule has 3 heteroatoms. The fourth-order valence-corrected chi connectivity index (χ4v) is 2.76. The fraction of sp³-hybridized carbons (Fsp3) is 0.333. The predicted octanol–water partition coefficient (Wildman–Crippen LogP) is 4.79. The molecule has 1 atom stereocenters. The van der Waals surface area contributed by atoms with Crippen LogP contribution in [-0.2, 0) is 6.42 Å². The van der Waals surface area contributed by atoms with E-state index >= 15 is 0 Å². The first-order chi connectivity index (χ1) is 10.1. The minimum atomic E-state index is -0.100. The minimum absolute atomic E-state index is 0.0604. The van der Waals surface area contributed by atoms with Crippen LogP contribution in [0.5, 0.6) is 0 Å². The second kappa shape index (κ2) is 7.62. The van der Waals surface area contributed by atoms with E-state index in [-0.39, 0.29) is 12.6 Å². The Morgan fingerprint density at radius 3 is 2.29 bits per heavy atom. The number of anilines is 1. The first kappa shape index (κ1) is 16.1. The normalized spacial score (nSPS) is 12.4. The monoisotopic (exact) mass is 347 g/mol. The topological polar surface area (TPSA) is 32.3 Å². The Labute approximate surface area is 135 Å². The van der Waals surface area contributed by atoms with Crippen LogP contribution in [-0.4, -0.2) is 11.7 Å². The van der Waals surface area contributed by atoms with Gasteiger partial charge in [0.1, 0.15) is 0 Å². The molecular weight excluding hydrogens is 326 g/mol. The van der Waals surface area contributed by atoms with Crippen LogP contribution < -0.4 is 5.32 Å². The number of aliphatic hydroxyl groups excluding tert-OH is 1. The largest absolute Gasteiger partial charge is 0.394 e. The van der Waals surface area contributed by atoms with E-state index in [0.29, 0.717) is 5.92 Å². The summed E-state index contributed by atoms with van der Waals surface area (Å²) in [5, 5.41) is 13.0. The van der Waals surface area contributed by atoms with Gasteiger partial charge in [-0.25, -0.2) is 0 Å². The lowest BCUT2D eigenvalue weighted by atomic mass is 9.99. The van der Waals surface area contributed by atoms with Crippen molar-refractivity contribution < 1.29 is 5.11 Å². The molecule has 0 amide bonds. The number of halogens is 1. The van der Waals surface area contributed by atoms with Crippen molar-refractivity contribution >= 4 is 21.6 Å². The van der Waals surface area contributed by atoms with Crippen molar-refractivity contribution in [3.05, 3.63) is 64.1 Å². The lowest BCUT2D eigenvalue weighted by Crippen LogP contribution is -2.15. The highest BCUT2D eigenvalue weighted by molar-refractivity contribution is 9.10. The summed E-state index contributed by atoms with van der Waals surface area (Å²) in [7, 11) is 0. The maximum absolute atomic E-state index is 9.67. The second-order valence-corrected chi connectivity index (χ2v) is 6.55. The second-order valence-electron chi connectivity index (χ2n) is 5.70. The van der Waals surface area contributed by atoms with E-state index in [0.717, 1.165) is 22.1 Å². The van der Waals surface area contributed by atoms with E-state index in [4.69, 9.17) is 0 Å². The van der Waals surface area contributed by atoms with Gasteiger partial charge in [0.05, 0.1) is 12.6 Å². The molecule has 0 bridgehead atoms. The Morgan fingerprint density at radius 2 is 1.71 bits per heavy atom. The van der Waals surface area contributed by atoms with Gasteiger partial charge in [-0.1, -0.05) is 50.2 Å². The van der Waals surface area contributed by atoms with Crippen LogP contribution >= 0.6 is 15.9 Å². The average molecular weight is 348 g/mol. The molecule has 0 aliphatic heterocycles. The third-order valence-corrected chi connectivity index (χ3v) is 4.10. The van der Waals surface area contributed by atoms with Crippen molar-refractivity contribution in [1.29, 1.82) is 0 Å². The summed E-state index contributed by atoms with van der Waals surface area (Å²) < 4.78 is 1.000. The van der Waals surface area contributed by atoms with Gasteiger partial charge in [0.25, 0.3) is 0 Å². The zero-order chi connectivity index (χ0) is 15.2. The molecule has 2 aromatic carbocycles. The Balaban J connectivity index is 2.12. The summed E-state index contributed by atoms with van der Waals surface area (Å²) in [6.45, 7) is 4.50. The van der Waals surface area contributed by atoms with Crippen molar-refractivity contribution in [3.8, 4) is 0 Å². The highest BCUT2D eigenvalue weighted by Crippen LogP contribution is 2.26. The number of rotatable bonds is 6. The van der Waals surface area contributed by atoms with Crippen molar-refractivity contribution in [2.75, 3.05) is 11.9 Å². The lowest BCUT2D eigenvalue weighted by Gasteiger charge is -2.19. The average Bonchev–Trinajstić information content (AvgIpc) is 2.47. The van der Waals surface area contributed by atoms with E-state index in [2.05, 4.69) is 59.4 Å². The SMILES string of the molecule is CC(C)Cc1ccc(C(CO)Nc2ccccc2Br)cc1. The lowest BCUT2D eigenvalue weighted by molar-refractivity contribution is 0.276. The van der Waals surface area contributed by atoms with Crippen LogP contribution in [0.3, 0.4) is 0 Å². The zero-order valence-corrected chi connectivity index (χ0v) is 14.1. The molecule has 0 spiro atoms. The van der Waals surface area contributed by atoms with Gasteiger partial charge >= 0.3 is 0 Å². The number of hydrogen-bond acceptors (Lipinski definition) is 2. The minimum Gasteiger partial charge on any atom is -0.394 e. The van der Waals surface area contributed by atoms with Crippen LogP contribution in [0.4, 0.5) is 5.69 Å². The molecule has 0 fully saturated rings. The third-order valence-electron chi connectivity index (χ3n) is 3.41. The van der Waals surface area contributed by atoms with Gasteiger partial charge in [-0.2, -0.15) is 0 Å². The molecule has 0 aliphatic carbocycles. The smallest absolute Gasteiger partial charge is 0.0745 e. The Kier molecular flexibility index (Phi) is 5.83. The Hall–Kier alpha value is -1.32. The number of hydrogen-bond donors (Lipinski definition) is 2. The van der Waals surface area contributed by atoms with Gasteiger partial charge in [0.2, 0.25) is 0 Å². The van der Waals surface area contributed by atoms with Crippen molar-refractivity contribution in [1.82, 2.24) is 0 Å². The predicted molar refractivity (Wildman–Crippen MR) is 92.6 cm³/mol. The first-order valence-corrected chi connectivity index (χ1v) is 8.10. The molecule has 0 saturated carbocycles. The van der Waals surface area contributed by atoms with Crippen molar-refractivity contribution in [2.45, 2.75) is 26.3 Å². The van der Waals surface area contributed by atoms with Crippen molar-refractivity contribution in [3.63, 3.8) is 0 Å². The highest BCUT2D eigenvalue weighted by atomic mass is 79.9. The van der Waals surface area contributed by atoms with Crippen molar-refractivity contribution in [2.24, 2.45) is 5.92 Å². The molecule has 1 unspecified atom stereocenters. The Morgan fingerprint density at radius 1 is 1.05 bits per heavy atom. The Bertz CT molecular complexity index is 566. The van der Waals surface area contributed by atoms with E-state index in [1.54, 1.807) is 0 Å². The quantitative estimate of drug-likeness (QED) is 0.786. The molecular formula is C18H22BrNO. The summed E-state index contributed by atoms with van der Waals surface area (Å²) >= 11 is 3.52. The molecule has 0 saturated heterocycles. The first-order valence-electron chi connectivity index (χ1n) is 7.31. The van der Waals surface area contributed by atoms with Gasteiger partial charge < -0.3 is 10.4 Å². The van der Waals surface area contributed by atoms with Gasteiger partial charge in [-0.15, -0.1) is 0 Å². The van der Waals surface area contributed by atoms with Crippen LogP contribution in [0, 0.1) is 5.92 Å². The highest BCUT2D eigenvalue weighted by Gasteiger charge is 2.11. The molecule has 2 aromatic rings. The molecule has 0 aromatic heterocycles. The van der Waals surface area contributed by atoms with Gasteiger partial charge in [-0.05, 0) is 51.5 Å².